The number of amides is 2. The van der Waals surface area contributed by atoms with Crippen molar-refractivity contribution in [3.63, 3.8) is 0 Å². The summed E-state index contributed by atoms with van der Waals surface area (Å²) in [6, 6.07) is 9.53. The van der Waals surface area contributed by atoms with Crippen LogP contribution in [0, 0.1) is 6.92 Å². The molecule has 2 heterocycles. The van der Waals surface area contributed by atoms with Crippen molar-refractivity contribution < 1.29 is 18.8 Å². The van der Waals surface area contributed by atoms with E-state index in [1.54, 1.807) is 17.9 Å². The monoisotopic (exact) mass is 385 g/mol. The number of aromatic nitrogens is 1. The van der Waals surface area contributed by atoms with Crippen LogP contribution in [0.5, 0.6) is 5.75 Å². The Morgan fingerprint density at radius 1 is 1.25 bits per heavy atom. The van der Waals surface area contributed by atoms with Crippen LogP contribution in [0.4, 0.5) is 0 Å². The Hall–Kier alpha value is -2.83. The van der Waals surface area contributed by atoms with E-state index in [1.165, 1.54) is 5.56 Å². The van der Waals surface area contributed by atoms with Crippen molar-refractivity contribution >= 4 is 11.8 Å². The summed E-state index contributed by atoms with van der Waals surface area (Å²) in [7, 11) is 0. The number of nitrogens with one attached hydrogen (secondary N) is 1. The fourth-order valence-electron chi connectivity index (χ4n) is 3.28. The number of benzene rings is 1. The molecule has 0 radical (unpaired) electrons. The Bertz CT molecular complexity index is 792. The highest BCUT2D eigenvalue weighted by atomic mass is 16.5. The van der Waals surface area contributed by atoms with Gasteiger partial charge < -0.3 is 19.5 Å². The molecule has 28 heavy (non-hydrogen) atoms. The van der Waals surface area contributed by atoms with Gasteiger partial charge in [0.2, 0.25) is 0 Å². The number of rotatable bonds is 7. The van der Waals surface area contributed by atoms with Crippen LogP contribution in [0.2, 0.25) is 0 Å². The molecule has 1 aliphatic rings. The number of nitrogens with zero attached hydrogens (tertiary/aromatic N) is 2. The van der Waals surface area contributed by atoms with Crippen molar-refractivity contribution in [3.05, 3.63) is 47.3 Å². The molecule has 1 saturated heterocycles. The lowest BCUT2D eigenvalue weighted by Gasteiger charge is -2.32. The molecule has 0 atom stereocenters. The lowest BCUT2D eigenvalue weighted by atomic mass is 10.0. The van der Waals surface area contributed by atoms with Crippen molar-refractivity contribution in [1.82, 2.24) is 15.4 Å². The molecule has 3 rings (SSSR count). The molecule has 150 valence electrons. The molecule has 0 aliphatic carbocycles. The van der Waals surface area contributed by atoms with E-state index in [0.29, 0.717) is 37.4 Å². The normalized spacial score (nSPS) is 14.7. The maximum atomic E-state index is 12.4. The van der Waals surface area contributed by atoms with Crippen molar-refractivity contribution in [1.29, 1.82) is 0 Å². The summed E-state index contributed by atoms with van der Waals surface area (Å²) >= 11 is 0. The van der Waals surface area contributed by atoms with Gasteiger partial charge in [-0.2, -0.15) is 0 Å². The highest BCUT2D eigenvalue weighted by molar-refractivity contribution is 5.92. The summed E-state index contributed by atoms with van der Waals surface area (Å²) in [6.45, 7) is 5.12. The SMILES string of the molecule is CCCc1ccc(OCC(=O)N2CCC(NC(=O)c3cc(C)on3)CC2)cc1. The predicted octanol–water partition coefficient (Wildman–Crippen LogP) is 2.74. The molecular weight excluding hydrogens is 358 g/mol. The first-order chi connectivity index (χ1) is 13.5. The molecule has 0 spiro atoms. The zero-order valence-electron chi connectivity index (χ0n) is 16.4. The number of hydrogen-bond donors (Lipinski definition) is 1. The third-order valence-electron chi connectivity index (χ3n) is 4.87. The minimum absolute atomic E-state index is 0.0283. The quantitative estimate of drug-likeness (QED) is 0.792. The van der Waals surface area contributed by atoms with Crippen LogP contribution in [-0.2, 0) is 11.2 Å². The molecule has 7 nitrogen and oxygen atoms in total. The van der Waals surface area contributed by atoms with E-state index in [2.05, 4.69) is 17.4 Å². The third kappa shape index (κ3) is 5.34. The lowest BCUT2D eigenvalue weighted by Crippen LogP contribution is -2.47. The number of carbonyl (C=O) groups excluding carboxylic acids is 2. The number of ether oxygens (including phenoxy) is 1. The smallest absolute Gasteiger partial charge is 0.273 e. The minimum atomic E-state index is -0.239. The second-order valence-corrected chi connectivity index (χ2v) is 7.13. The van der Waals surface area contributed by atoms with Gasteiger partial charge in [0.25, 0.3) is 11.8 Å². The molecule has 1 aromatic carbocycles. The first-order valence-electron chi connectivity index (χ1n) is 9.79. The molecule has 0 bridgehead atoms. The van der Waals surface area contributed by atoms with Gasteiger partial charge in [0, 0.05) is 25.2 Å². The zero-order valence-corrected chi connectivity index (χ0v) is 16.4. The highest BCUT2D eigenvalue weighted by Crippen LogP contribution is 2.15. The van der Waals surface area contributed by atoms with E-state index < -0.39 is 0 Å². The van der Waals surface area contributed by atoms with E-state index in [0.717, 1.165) is 12.8 Å². The fraction of sp³-hybridized carbons (Fsp3) is 0.476. The van der Waals surface area contributed by atoms with E-state index in [-0.39, 0.29) is 30.2 Å². The number of likely N-dealkylation sites (tertiary alicyclic amines) is 1. The zero-order chi connectivity index (χ0) is 19.9. The van der Waals surface area contributed by atoms with Gasteiger partial charge >= 0.3 is 0 Å². The molecule has 0 unspecified atom stereocenters. The van der Waals surface area contributed by atoms with Gasteiger partial charge in [-0.15, -0.1) is 0 Å². The molecule has 0 saturated carbocycles. The fourth-order valence-corrected chi connectivity index (χ4v) is 3.28. The van der Waals surface area contributed by atoms with E-state index in [4.69, 9.17) is 9.26 Å². The number of piperidine rings is 1. The second-order valence-electron chi connectivity index (χ2n) is 7.13. The van der Waals surface area contributed by atoms with Crippen LogP contribution in [-0.4, -0.2) is 47.6 Å². The molecule has 1 N–H and O–H groups in total. The largest absolute Gasteiger partial charge is 0.484 e. The van der Waals surface area contributed by atoms with Gasteiger partial charge in [-0.1, -0.05) is 30.6 Å². The van der Waals surface area contributed by atoms with E-state index in [1.807, 2.05) is 24.3 Å². The van der Waals surface area contributed by atoms with Crippen LogP contribution >= 0.6 is 0 Å². The van der Waals surface area contributed by atoms with Gasteiger partial charge in [0.15, 0.2) is 12.3 Å². The van der Waals surface area contributed by atoms with Crippen LogP contribution in [0.3, 0.4) is 0 Å². The third-order valence-corrected chi connectivity index (χ3v) is 4.87. The Morgan fingerprint density at radius 3 is 2.57 bits per heavy atom. The summed E-state index contributed by atoms with van der Waals surface area (Å²) < 4.78 is 10.6. The number of hydrogen-bond acceptors (Lipinski definition) is 5. The first-order valence-corrected chi connectivity index (χ1v) is 9.79. The van der Waals surface area contributed by atoms with E-state index in [9.17, 15) is 9.59 Å². The molecule has 2 amide bonds. The van der Waals surface area contributed by atoms with E-state index >= 15 is 0 Å². The molecular formula is C21H27N3O4. The Balaban J connectivity index is 1.40. The lowest BCUT2D eigenvalue weighted by molar-refractivity contribution is -0.134. The second kappa shape index (κ2) is 9.39. The van der Waals surface area contributed by atoms with Crippen molar-refractivity contribution in [2.24, 2.45) is 0 Å². The Morgan fingerprint density at radius 2 is 1.96 bits per heavy atom. The number of carbonyl (C=O) groups is 2. The van der Waals surface area contributed by atoms with Crippen molar-refractivity contribution in [2.75, 3.05) is 19.7 Å². The van der Waals surface area contributed by atoms with Gasteiger partial charge in [-0.3, -0.25) is 9.59 Å². The topological polar surface area (TPSA) is 84.7 Å². The summed E-state index contributed by atoms with van der Waals surface area (Å²) in [5.41, 5.74) is 1.56. The molecule has 2 aromatic rings. The average Bonchev–Trinajstić information content (AvgIpc) is 3.14. The predicted molar refractivity (Wildman–Crippen MR) is 104 cm³/mol. The van der Waals surface area contributed by atoms with Gasteiger partial charge in [-0.25, -0.2) is 0 Å². The molecule has 7 heteroatoms. The highest BCUT2D eigenvalue weighted by Gasteiger charge is 2.25. The maximum Gasteiger partial charge on any atom is 0.273 e. The molecule has 1 fully saturated rings. The average molecular weight is 385 g/mol. The molecule has 1 aliphatic heterocycles. The molecule has 1 aromatic heterocycles. The van der Waals surface area contributed by atoms with Gasteiger partial charge in [0.05, 0.1) is 0 Å². The first kappa shape index (κ1) is 19.9. The van der Waals surface area contributed by atoms with Crippen LogP contribution < -0.4 is 10.1 Å². The summed E-state index contributed by atoms with van der Waals surface area (Å²) in [5.74, 6) is 1.04. The van der Waals surface area contributed by atoms with Crippen LogP contribution in [0.1, 0.15) is 48.0 Å². The Labute approximate surface area is 165 Å². The summed E-state index contributed by atoms with van der Waals surface area (Å²) in [4.78, 5) is 26.3. The standard InChI is InChI=1S/C21H27N3O4/c1-3-4-16-5-7-18(8-6-16)27-14-20(25)24-11-9-17(10-12-24)22-21(26)19-13-15(2)28-23-19/h5-8,13,17H,3-4,9-12,14H2,1-2H3,(H,22,26). The summed E-state index contributed by atoms with van der Waals surface area (Å²) in [6.07, 6.45) is 3.56. The Kier molecular flexibility index (Phi) is 6.68. The minimum Gasteiger partial charge on any atom is -0.484 e. The van der Waals surface area contributed by atoms with Crippen LogP contribution in [0.25, 0.3) is 0 Å². The van der Waals surface area contributed by atoms with Crippen molar-refractivity contribution in [3.8, 4) is 5.75 Å². The maximum absolute atomic E-state index is 12.4. The van der Waals surface area contributed by atoms with Crippen LogP contribution in [0.15, 0.2) is 34.9 Å². The summed E-state index contributed by atoms with van der Waals surface area (Å²) in [5, 5.41) is 6.68. The van der Waals surface area contributed by atoms with Gasteiger partial charge in [0.1, 0.15) is 11.5 Å². The van der Waals surface area contributed by atoms with Gasteiger partial charge in [-0.05, 0) is 43.9 Å². The number of aryl methyl sites for hydroxylation is 2. The van der Waals surface area contributed by atoms with Crippen molar-refractivity contribution in [2.45, 2.75) is 45.6 Å².